The fourth-order valence-electron chi connectivity index (χ4n) is 2.06. The molecule has 1 fully saturated rings. The Morgan fingerprint density at radius 3 is 2.94 bits per heavy atom. The van der Waals surface area contributed by atoms with Crippen LogP contribution in [-0.2, 0) is 4.74 Å². The first-order valence-corrected chi connectivity index (χ1v) is 6.06. The summed E-state index contributed by atoms with van der Waals surface area (Å²) in [5.74, 6) is 0. The summed E-state index contributed by atoms with van der Waals surface area (Å²) < 4.78 is 5.67. The molecular weight excluding hydrogens is 200 g/mol. The van der Waals surface area contributed by atoms with Crippen LogP contribution in [0.3, 0.4) is 0 Å². The molecule has 3 heteroatoms. The van der Waals surface area contributed by atoms with E-state index in [1.807, 2.05) is 24.3 Å². The average molecular weight is 220 g/mol. The van der Waals surface area contributed by atoms with E-state index in [0.717, 1.165) is 30.9 Å². The molecule has 0 bridgehead atoms. The molecule has 3 nitrogen and oxygen atoms in total. The molecule has 1 saturated heterocycles. The standard InChI is InChI=1S/C13H20N2O/c14-12-6-1-2-7-13(12)15-9-8-11-5-3-4-10-16-11/h1-2,6-7,11,15H,3-5,8-10,14H2. The lowest BCUT2D eigenvalue weighted by molar-refractivity contribution is 0.0134. The minimum Gasteiger partial charge on any atom is -0.397 e. The molecule has 0 aromatic heterocycles. The van der Waals surface area contributed by atoms with E-state index < -0.39 is 0 Å². The van der Waals surface area contributed by atoms with Crippen molar-refractivity contribution >= 4 is 11.4 Å². The molecule has 1 aliphatic heterocycles. The molecule has 0 saturated carbocycles. The minimum absolute atomic E-state index is 0.436. The van der Waals surface area contributed by atoms with Gasteiger partial charge in [0.2, 0.25) is 0 Å². The fourth-order valence-corrected chi connectivity index (χ4v) is 2.06. The largest absolute Gasteiger partial charge is 0.397 e. The van der Waals surface area contributed by atoms with Crippen LogP contribution in [0, 0.1) is 0 Å². The first-order chi connectivity index (χ1) is 7.86. The number of rotatable bonds is 4. The number of ether oxygens (including phenoxy) is 1. The Morgan fingerprint density at radius 2 is 2.19 bits per heavy atom. The van der Waals surface area contributed by atoms with Gasteiger partial charge in [-0.1, -0.05) is 12.1 Å². The maximum Gasteiger partial charge on any atom is 0.0591 e. The predicted molar refractivity (Wildman–Crippen MR) is 67.6 cm³/mol. The maximum absolute atomic E-state index is 5.85. The van der Waals surface area contributed by atoms with Gasteiger partial charge in [-0.15, -0.1) is 0 Å². The second-order valence-corrected chi connectivity index (χ2v) is 4.29. The van der Waals surface area contributed by atoms with Crippen molar-refractivity contribution in [2.75, 3.05) is 24.2 Å². The molecule has 88 valence electrons. The molecule has 0 radical (unpaired) electrons. The third-order valence-electron chi connectivity index (χ3n) is 3.02. The number of nitrogen functional groups attached to an aromatic ring is 1. The van der Waals surface area contributed by atoms with Crippen molar-refractivity contribution in [1.82, 2.24) is 0 Å². The van der Waals surface area contributed by atoms with Crippen LogP contribution >= 0.6 is 0 Å². The van der Waals surface area contributed by atoms with E-state index >= 15 is 0 Å². The lowest BCUT2D eigenvalue weighted by atomic mass is 10.1. The molecule has 1 aromatic carbocycles. The summed E-state index contributed by atoms with van der Waals surface area (Å²) in [4.78, 5) is 0. The lowest BCUT2D eigenvalue weighted by Gasteiger charge is -2.22. The van der Waals surface area contributed by atoms with Gasteiger partial charge in [0.15, 0.2) is 0 Å². The monoisotopic (exact) mass is 220 g/mol. The number of para-hydroxylation sites is 2. The highest BCUT2D eigenvalue weighted by atomic mass is 16.5. The Bertz CT molecular complexity index is 321. The maximum atomic E-state index is 5.85. The van der Waals surface area contributed by atoms with Crippen molar-refractivity contribution in [3.05, 3.63) is 24.3 Å². The van der Waals surface area contributed by atoms with Crippen molar-refractivity contribution in [2.24, 2.45) is 0 Å². The quantitative estimate of drug-likeness (QED) is 0.767. The molecular formula is C13H20N2O. The SMILES string of the molecule is Nc1ccccc1NCCC1CCCCO1. The molecule has 0 spiro atoms. The second kappa shape index (κ2) is 5.75. The summed E-state index contributed by atoms with van der Waals surface area (Å²) in [5.41, 5.74) is 7.68. The summed E-state index contributed by atoms with van der Waals surface area (Å²) in [6.07, 6.45) is 5.22. The zero-order valence-electron chi connectivity index (χ0n) is 9.61. The van der Waals surface area contributed by atoms with Gasteiger partial charge in [0.05, 0.1) is 17.5 Å². The molecule has 1 heterocycles. The Morgan fingerprint density at radius 1 is 1.31 bits per heavy atom. The second-order valence-electron chi connectivity index (χ2n) is 4.29. The van der Waals surface area contributed by atoms with Crippen LogP contribution in [0.25, 0.3) is 0 Å². The minimum atomic E-state index is 0.436. The summed E-state index contributed by atoms with van der Waals surface area (Å²) in [6.45, 7) is 1.86. The molecule has 0 aliphatic carbocycles. The number of nitrogens with two attached hydrogens (primary N) is 1. The molecule has 1 aromatic rings. The van der Waals surface area contributed by atoms with Crippen molar-refractivity contribution in [3.8, 4) is 0 Å². The molecule has 3 N–H and O–H groups in total. The highest BCUT2D eigenvalue weighted by Gasteiger charge is 2.12. The van der Waals surface area contributed by atoms with Gasteiger partial charge in [-0.05, 0) is 37.8 Å². The molecule has 1 unspecified atom stereocenters. The highest BCUT2D eigenvalue weighted by molar-refractivity contribution is 5.65. The summed E-state index contributed by atoms with van der Waals surface area (Å²) in [7, 11) is 0. The van der Waals surface area contributed by atoms with E-state index in [0.29, 0.717) is 6.10 Å². The Balaban J connectivity index is 1.73. The molecule has 16 heavy (non-hydrogen) atoms. The molecule has 1 aliphatic rings. The van der Waals surface area contributed by atoms with E-state index in [1.54, 1.807) is 0 Å². The Hall–Kier alpha value is -1.22. The van der Waals surface area contributed by atoms with Crippen LogP contribution in [0.5, 0.6) is 0 Å². The van der Waals surface area contributed by atoms with Crippen molar-refractivity contribution < 1.29 is 4.74 Å². The van der Waals surface area contributed by atoms with Crippen LogP contribution in [0.1, 0.15) is 25.7 Å². The zero-order chi connectivity index (χ0) is 11.2. The van der Waals surface area contributed by atoms with Gasteiger partial charge in [0.25, 0.3) is 0 Å². The molecule has 0 amide bonds. The van der Waals surface area contributed by atoms with Crippen LogP contribution in [0.4, 0.5) is 11.4 Å². The van der Waals surface area contributed by atoms with Gasteiger partial charge in [0.1, 0.15) is 0 Å². The van der Waals surface area contributed by atoms with Gasteiger partial charge in [-0.25, -0.2) is 0 Å². The van der Waals surface area contributed by atoms with Crippen LogP contribution < -0.4 is 11.1 Å². The van der Waals surface area contributed by atoms with E-state index in [1.165, 1.54) is 19.3 Å². The predicted octanol–water partition coefficient (Wildman–Crippen LogP) is 2.64. The van der Waals surface area contributed by atoms with Crippen LogP contribution in [0.2, 0.25) is 0 Å². The Labute approximate surface area is 97.0 Å². The number of nitrogens with one attached hydrogen (secondary N) is 1. The summed E-state index contributed by atoms with van der Waals surface area (Å²) in [5, 5.41) is 3.36. The third kappa shape index (κ3) is 3.14. The fraction of sp³-hybridized carbons (Fsp3) is 0.538. The van der Waals surface area contributed by atoms with Crippen LogP contribution in [0.15, 0.2) is 24.3 Å². The van der Waals surface area contributed by atoms with Gasteiger partial charge >= 0.3 is 0 Å². The average Bonchev–Trinajstić information content (AvgIpc) is 2.33. The number of hydrogen-bond donors (Lipinski definition) is 2. The van der Waals surface area contributed by atoms with Gasteiger partial charge in [-0.3, -0.25) is 0 Å². The first-order valence-electron chi connectivity index (χ1n) is 6.06. The van der Waals surface area contributed by atoms with E-state index in [4.69, 9.17) is 10.5 Å². The van der Waals surface area contributed by atoms with Gasteiger partial charge in [-0.2, -0.15) is 0 Å². The molecule has 2 rings (SSSR count). The van der Waals surface area contributed by atoms with E-state index in [9.17, 15) is 0 Å². The van der Waals surface area contributed by atoms with E-state index in [-0.39, 0.29) is 0 Å². The van der Waals surface area contributed by atoms with Crippen LogP contribution in [-0.4, -0.2) is 19.3 Å². The normalized spacial score (nSPS) is 20.6. The lowest BCUT2D eigenvalue weighted by Crippen LogP contribution is -2.22. The van der Waals surface area contributed by atoms with Crippen molar-refractivity contribution in [3.63, 3.8) is 0 Å². The summed E-state index contributed by atoms with van der Waals surface area (Å²) in [6, 6.07) is 7.87. The summed E-state index contributed by atoms with van der Waals surface area (Å²) >= 11 is 0. The van der Waals surface area contributed by atoms with Gasteiger partial charge < -0.3 is 15.8 Å². The van der Waals surface area contributed by atoms with Gasteiger partial charge in [0, 0.05) is 13.2 Å². The van der Waals surface area contributed by atoms with Crippen molar-refractivity contribution in [1.29, 1.82) is 0 Å². The number of hydrogen-bond acceptors (Lipinski definition) is 3. The smallest absolute Gasteiger partial charge is 0.0591 e. The first kappa shape index (κ1) is 11.3. The number of benzene rings is 1. The molecule has 1 atom stereocenters. The van der Waals surface area contributed by atoms with E-state index in [2.05, 4.69) is 5.32 Å². The number of anilines is 2. The zero-order valence-corrected chi connectivity index (χ0v) is 9.61. The highest BCUT2D eigenvalue weighted by Crippen LogP contribution is 2.18. The van der Waals surface area contributed by atoms with Crippen molar-refractivity contribution in [2.45, 2.75) is 31.8 Å². The Kier molecular flexibility index (Phi) is 4.05. The third-order valence-corrected chi connectivity index (χ3v) is 3.02. The topological polar surface area (TPSA) is 47.3 Å².